The highest BCUT2D eigenvalue weighted by Gasteiger charge is 2.33. The quantitative estimate of drug-likeness (QED) is 0.676. The average Bonchev–Trinajstić information content (AvgIpc) is 3.18. The van der Waals surface area contributed by atoms with E-state index < -0.39 is 0 Å². The summed E-state index contributed by atoms with van der Waals surface area (Å²) in [6, 6.07) is 13.8. The maximum absolute atomic E-state index is 13.1. The third kappa shape index (κ3) is 4.04. The van der Waals surface area contributed by atoms with E-state index in [1.807, 2.05) is 48.2 Å². The molecular formula is C21H22ClNO3S. The van der Waals surface area contributed by atoms with Crippen LogP contribution in [-0.4, -0.2) is 35.8 Å². The van der Waals surface area contributed by atoms with Crippen molar-refractivity contribution >= 4 is 29.3 Å². The number of hydrogen-bond acceptors (Lipinski definition) is 4. The number of likely N-dealkylation sites (tertiary alicyclic amines) is 1. The van der Waals surface area contributed by atoms with Crippen LogP contribution in [0.25, 0.3) is 0 Å². The van der Waals surface area contributed by atoms with Gasteiger partial charge in [0.2, 0.25) is 5.91 Å². The van der Waals surface area contributed by atoms with Gasteiger partial charge in [-0.1, -0.05) is 17.7 Å². The molecule has 4 rings (SSSR count). The van der Waals surface area contributed by atoms with Gasteiger partial charge in [-0.3, -0.25) is 4.79 Å². The second kappa shape index (κ2) is 8.03. The molecule has 2 aromatic rings. The molecule has 0 radical (unpaired) electrons. The minimum atomic E-state index is -0.149. The van der Waals surface area contributed by atoms with Gasteiger partial charge >= 0.3 is 0 Å². The summed E-state index contributed by atoms with van der Waals surface area (Å²) in [5, 5.41) is 0.556. The number of carbonyl (C=O) groups excluding carboxylic acids is 1. The topological polar surface area (TPSA) is 38.8 Å². The van der Waals surface area contributed by atoms with Crippen LogP contribution in [0.2, 0.25) is 5.02 Å². The number of fused-ring (bicyclic) bond motifs is 1. The van der Waals surface area contributed by atoms with Gasteiger partial charge in [-0.2, -0.15) is 0 Å². The lowest BCUT2D eigenvalue weighted by atomic mass is 10.0. The van der Waals surface area contributed by atoms with E-state index >= 15 is 0 Å². The van der Waals surface area contributed by atoms with Crippen molar-refractivity contribution in [2.24, 2.45) is 0 Å². The third-order valence-corrected chi connectivity index (χ3v) is 6.31. The fraction of sp³-hybridized carbons (Fsp3) is 0.381. The lowest BCUT2D eigenvalue weighted by Gasteiger charge is -2.28. The summed E-state index contributed by atoms with van der Waals surface area (Å²) in [7, 11) is 0. The van der Waals surface area contributed by atoms with Crippen molar-refractivity contribution in [2.45, 2.75) is 36.0 Å². The zero-order chi connectivity index (χ0) is 18.8. The summed E-state index contributed by atoms with van der Waals surface area (Å²) in [6.45, 7) is 3.92. The summed E-state index contributed by atoms with van der Waals surface area (Å²) in [6.07, 6.45) is 1.99. The molecule has 0 aliphatic carbocycles. The van der Waals surface area contributed by atoms with Crippen LogP contribution in [0.3, 0.4) is 0 Å². The smallest absolute Gasteiger partial charge is 0.236 e. The van der Waals surface area contributed by atoms with E-state index in [1.54, 1.807) is 11.8 Å². The Balaban J connectivity index is 1.48. The van der Waals surface area contributed by atoms with Gasteiger partial charge in [0.1, 0.15) is 13.2 Å². The number of carbonyl (C=O) groups is 1. The molecule has 2 atom stereocenters. The maximum atomic E-state index is 13.1. The molecule has 1 amide bonds. The Morgan fingerprint density at radius 1 is 1.15 bits per heavy atom. The molecule has 142 valence electrons. The SMILES string of the molecule is CC(Sc1ccc(Cl)cc1)C(=O)N1CCCC1c1ccc2c(c1)OCCO2. The molecule has 0 N–H and O–H groups in total. The Bertz CT molecular complexity index is 827. The Morgan fingerprint density at radius 3 is 2.67 bits per heavy atom. The Labute approximate surface area is 168 Å². The minimum absolute atomic E-state index is 0.0987. The predicted octanol–water partition coefficient (Wildman–Crippen LogP) is 4.96. The van der Waals surface area contributed by atoms with Gasteiger partial charge in [0.15, 0.2) is 11.5 Å². The molecule has 2 aliphatic heterocycles. The Morgan fingerprint density at radius 2 is 1.89 bits per heavy atom. The summed E-state index contributed by atoms with van der Waals surface area (Å²) in [4.78, 5) is 16.2. The van der Waals surface area contributed by atoms with Gasteiger partial charge < -0.3 is 14.4 Å². The fourth-order valence-corrected chi connectivity index (χ4v) is 4.71. The molecular weight excluding hydrogens is 382 g/mol. The van der Waals surface area contributed by atoms with Gasteiger partial charge in [0, 0.05) is 16.5 Å². The van der Waals surface area contributed by atoms with Gasteiger partial charge in [-0.25, -0.2) is 0 Å². The minimum Gasteiger partial charge on any atom is -0.486 e. The van der Waals surface area contributed by atoms with Gasteiger partial charge in [0.25, 0.3) is 0 Å². The van der Waals surface area contributed by atoms with Crippen molar-refractivity contribution in [1.82, 2.24) is 4.90 Å². The molecule has 0 saturated carbocycles. The van der Waals surface area contributed by atoms with E-state index in [1.165, 1.54) is 0 Å². The van der Waals surface area contributed by atoms with Crippen molar-refractivity contribution in [3.05, 3.63) is 53.1 Å². The number of hydrogen-bond donors (Lipinski definition) is 0. The monoisotopic (exact) mass is 403 g/mol. The molecule has 1 fully saturated rings. The first-order chi connectivity index (χ1) is 13.1. The molecule has 4 nitrogen and oxygen atoms in total. The number of thioether (sulfide) groups is 1. The second-order valence-electron chi connectivity index (χ2n) is 6.81. The molecule has 6 heteroatoms. The lowest BCUT2D eigenvalue weighted by molar-refractivity contribution is -0.131. The zero-order valence-corrected chi connectivity index (χ0v) is 16.8. The van der Waals surface area contributed by atoms with Crippen LogP contribution in [-0.2, 0) is 4.79 Å². The number of amides is 1. The summed E-state index contributed by atoms with van der Waals surface area (Å²) in [5.74, 6) is 1.74. The van der Waals surface area contributed by atoms with E-state index in [0.717, 1.165) is 41.3 Å². The maximum Gasteiger partial charge on any atom is 0.236 e. The number of halogens is 1. The zero-order valence-electron chi connectivity index (χ0n) is 15.2. The van der Waals surface area contributed by atoms with Crippen molar-refractivity contribution in [2.75, 3.05) is 19.8 Å². The van der Waals surface area contributed by atoms with E-state index in [9.17, 15) is 4.79 Å². The van der Waals surface area contributed by atoms with Crippen molar-refractivity contribution in [1.29, 1.82) is 0 Å². The number of ether oxygens (including phenoxy) is 2. The van der Waals surface area contributed by atoms with E-state index in [4.69, 9.17) is 21.1 Å². The molecule has 0 spiro atoms. The van der Waals surface area contributed by atoms with Crippen molar-refractivity contribution < 1.29 is 14.3 Å². The van der Waals surface area contributed by atoms with Crippen LogP contribution in [0.5, 0.6) is 11.5 Å². The molecule has 0 bridgehead atoms. The summed E-state index contributed by atoms with van der Waals surface area (Å²) >= 11 is 7.52. The average molecular weight is 404 g/mol. The molecule has 2 unspecified atom stereocenters. The predicted molar refractivity (Wildman–Crippen MR) is 108 cm³/mol. The van der Waals surface area contributed by atoms with E-state index in [0.29, 0.717) is 18.2 Å². The summed E-state index contributed by atoms with van der Waals surface area (Å²) in [5.41, 5.74) is 1.12. The summed E-state index contributed by atoms with van der Waals surface area (Å²) < 4.78 is 11.3. The van der Waals surface area contributed by atoms with Crippen LogP contribution in [0.15, 0.2) is 47.4 Å². The fourth-order valence-electron chi connectivity index (χ4n) is 3.65. The third-order valence-electron chi connectivity index (χ3n) is 4.96. The van der Waals surface area contributed by atoms with Crippen molar-refractivity contribution in [3.63, 3.8) is 0 Å². The Kier molecular flexibility index (Phi) is 5.50. The number of benzene rings is 2. The van der Waals surface area contributed by atoms with Crippen molar-refractivity contribution in [3.8, 4) is 11.5 Å². The molecule has 0 aromatic heterocycles. The Hall–Kier alpha value is -1.85. The van der Waals surface area contributed by atoms with Gasteiger partial charge in [-0.15, -0.1) is 11.8 Å². The first kappa shape index (κ1) is 18.5. The van der Waals surface area contributed by atoms with Crippen LogP contribution >= 0.6 is 23.4 Å². The molecule has 2 aliphatic rings. The normalized spacial score (nSPS) is 19.8. The first-order valence-corrected chi connectivity index (χ1v) is 10.5. The van der Waals surface area contributed by atoms with Crippen LogP contribution in [0.1, 0.15) is 31.4 Å². The number of rotatable bonds is 4. The first-order valence-electron chi connectivity index (χ1n) is 9.24. The van der Waals surface area contributed by atoms with E-state index in [-0.39, 0.29) is 17.2 Å². The molecule has 27 heavy (non-hydrogen) atoms. The van der Waals surface area contributed by atoms with Crippen LogP contribution < -0.4 is 9.47 Å². The van der Waals surface area contributed by atoms with Crippen LogP contribution in [0.4, 0.5) is 0 Å². The molecule has 2 aromatic carbocycles. The van der Waals surface area contributed by atoms with E-state index in [2.05, 4.69) is 6.07 Å². The lowest BCUT2D eigenvalue weighted by Crippen LogP contribution is -2.36. The molecule has 1 saturated heterocycles. The highest BCUT2D eigenvalue weighted by molar-refractivity contribution is 8.00. The number of nitrogens with zero attached hydrogens (tertiary/aromatic N) is 1. The van der Waals surface area contributed by atoms with Gasteiger partial charge in [-0.05, 0) is 61.7 Å². The second-order valence-corrected chi connectivity index (χ2v) is 8.66. The largest absolute Gasteiger partial charge is 0.486 e. The highest BCUT2D eigenvalue weighted by atomic mass is 35.5. The van der Waals surface area contributed by atoms with Gasteiger partial charge in [0.05, 0.1) is 11.3 Å². The molecule has 2 heterocycles. The highest BCUT2D eigenvalue weighted by Crippen LogP contribution is 2.39. The standard InChI is InChI=1S/C21H22ClNO3S/c1-14(27-17-7-5-16(22)6-8-17)21(24)23-10-2-3-18(23)15-4-9-19-20(13-15)26-12-11-25-19/h4-9,13-14,18H,2-3,10-12H2,1H3. The van der Waals surface area contributed by atoms with Crippen LogP contribution in [0, 0.1) is 0 Å².